The Morgan fingerprint density at radius 2 is 1.50 bits per heavy atom. The predicted molar refractivity (Wildman–Crippen MR) is 92.5 cm³/mol. The second-order valence-corrected chi connectivity index (χ2v) is 7.80. The average molecular weight is 300 g/mol. The summed E-state index contributed by atoms with van der Waals surface area (Å²) in [6.45, 7) is 14.2. The van der Waals surface area contributed by atoms with Crippen LogP contribution in [0.5, 0.6) is 5.75 Å². The van der Waals surface area contributed by atoms with Gasteiger partial charge in [-0.2, -0.15) is 0 Å². The zero-order valence-electron chi connectivity index (χ0n) is 14.9. The first kappa shape index (κ1) is 18.3. The van der Waals surface area contributed by atoms with E-state index < -0.39 is 0 Å². The van der Waals surface area contributed by atoms with E-state index in [2.05, 4.69) is 11.8 Å². The summed E-state index contributed by atoms with van der Waals surface area (Å²) >= 11 is 0. The highest BCUT2D eigenvalue weighted by atomic mass is 16.3. The number of hydrogen-bond donors (Lipinski definition) is 1. The summed E-state index contributed by atoms with van der Waals surface area (Å²) in [4.78, 5) is 12.3. The lowest BCUT2D eigenvalue weighted by Crippen LogP contribution is -2.18. The van der Waals surface area contributed by atoms with Crippen molar-refractivity contribution in [2.75, 3.05) is 0 Å². The number of carbonyl (C=O) groups excluding carboxylic acids is 1. The Morgan fingerprint density at radius 3 is 1.86 bits per heavy atom. The van der Waals surface area contributed by atoms with Gasteiger partial charge in [0.1, 0.15) is 5.75 Å². The van der Waals surface area contributed by atoms with Crippen LogP contribution in [-0.4, -0.2) is 10.9 Å². The number of unbranched alkanes of at least 4 members (excludes halogenated alkanes) is 1. The van der Waals surface area contributed by atoms with E-state index in [1.54, 1.807) is 12.1 Å². The highest BCUT2D eigenvalue weighted by Crippen LogP contribution is 2.39. The van der Waals surface area contributed by atoms with Crippen LogP contribution in [-0.2, 0) is 10.8 Å². The third-order valence-electron chi connectivity index (χ3n) is 3.57. The van der Waals surface area contributed by atoms with E-state index in [1.165, 1.54) is 0 Å². The molecule has 0 saturated carbocycles. The lowest BCUT2D eigenvalue weighted by Gasteiger charge is -2.27. The lowest BCUT2D eigenvalue weighted by molar-refractivity contribution is 0.105. The first-order valence-electron chi connectivity index (χ1n) is 7.89. The highest BCUT2D eigenvalue weighted by molar-refractivity contribution is 6.09. The van der Waals surface area contributed by atoms with Crippen molar-refractivity contribution in [2.24, 2.45) is 0 Å². The molecule has 0 aliphatic rings. The second-order valence-electron chi connectivity index (χ2n) is 7.80. The van der Waals surface area contributed by atoms with Crippen LogP contribution in [0.2, 0.25) is 0 Å². The molecule has 1 rings (SSSR count). The van der Waals surface area contributed by atoms with Crippen LogP contribution in [0.25, 0.3) is 0 Å². The minimum absolute atomic E-state index is 0.176. The Labute approximate surface area is 134 Å². The number of Topliss-reactive ketones (excluding diaryl/α,β-unsaturated/α-hetero) is 1. The minimum Gasteiger partial charge on any atom is -0.507 e. The molecule has 0 radical (unpaired) electrons. The molecule has 0 saturated heterocycles. The summed E-state index contributed by atoms with van der Waals surface area (Å²) in [6, 6.07) is 3.57. The number of hydrogen-bond acceptors (Lipinski definition) is 2. The fraction of sp³-hybridized carbons (Fsp3) is 0.550. The van der Waals surface area contributed by atoms with Gasteiger partial charge in [-0.1, -0.05) is 54.4 Å². The van der Waals surface area contributed by atoms with Gasteiger partial charge in [-0.25, -0.2) is 0 Å². The molecule has 2 heteroatoms. The minimum atomic E-state index is -0.239. The van der Waals surface area contributed by atoms with Crippen molar-refractivity contribution >= 4 is 5.78 Å². The van der Waals surface area contributed by atoms with Gasteiger partial charge in [-0.05, 0) is 35.3 Å². The van der Waals surface area contributed by atoms with Gasteiger partial charge in [0.15, 0.2) is 0 Å². The Kier molecular flexibility index (Phi) is 5.46. The second kappa shape index (κ2) is 6.57. The fourth-order valence-electron chi connectivity index (χ4n) is 2.25. The maximum atomic E-state index is 12.3. The van der Waals surface area contributed by atoms with E-state index >= 15 is 0 Å². The predicted octanol–water partition coefficient (Wildman–Crippen LogP) is 4.97. The third kappa shape index (κ3) is 4.37. The van der Waals surface area contributed by atoms with Gasteiger partial charge in [-0.15, -0.1) is 0 Å². The number of phenolic OH excluding ortho intramolecular Hbond substituents is 1. The Balaban J connectivity index is 3.49. The van der Waals surface area contributed by atoms with Gasteiger partial charge in [-0.3, -0.25) is 4.79 Å². The first-order valence-corrected chi connectivity index (χ1v) is 7.89. The van der Waals surface area contributed by atoms with Gasteiger partial charge in [0.05, 0.1) is 0 Å². The molecule has 0 spiro atoms. The molecule has 0 aliphatic heterocycles. The fourth-order valence-corrected chi connectivity index (χ4v) is 2.25. The van der Waals surface area contributed by atoms with Crippen molar-refractivity contribution < 1.29 is 9.90 Å². The molecule has 2 nitrogen and oxygen atoms in total. The molecular weight excluding hydrogens is 272 g/mol. The van der Waals surface area contributed by atoms with Crippen LogP contribution in [0.3, 0.4) is 0 Å². The van der Waals surface area contributed by atoms with E-state index in [1.807, 2.05) is 48.5 Å². The quantitative estimate of drug-likeness (QED) is 0.475. The molecule has 0 atom stereocenters. The number of rotatable bonds is 2. The molecule has 1 aromatic rings. The van der Waals surface area contributed by atoms with Gasteiger partial charge >= 0.3 is 0 Å². The van der Waals surface area contributed by atoms with Crippen LogP contribution < -0.4 is 0 Å². The van der Waals surface area contributed by atoms with Crippen LogP contribution in [0.4, 0.5) is 0 Å². The third-order valence-corrected chi connectivity index (χ3v) is 3.57. The summed E-state index contributed by atoms with van der Waals surface area (Å²) < 4.78 is 0. The van der Waals surface area contributed by atoms with E-state index in [4.69, 9.17) is 0 Å². The van der Waals surface area contributed by atoms with Crippen molar-refractivity contribution in [2.45, 2.75) is 72.1 Å². The van der Waals surface area contributed by atoms with Crippen LogP contribution in [0.1, 0.15) is 82.8 Å². The maximum Gasteiger partial charge on any atom is 0.235 e. The van der Waals surface area contributed by atoms with Crippen LogP contribution >= 0.6 is 0 Å². The van der Waals surface area contributed by atoms with Gasteiger partial charge in [0, 0.05) is 23.1 Å². The normalized spacial score (nSPS) is 11.8. The molecule has 22 heavy (non-hydrogen) atoms. The Morgan fingerprint density at radius 1 is 1.05 bits per heavy atom. The number of carbonyl (C=O) groups is 1. The molecular formula is C20H28O2. The number of benzene rings is 1. The SMILES string of the molecule is CCCC#CC(=O)c1cc(C(C)(C)C)c(O)c(C(C)(C)C)c1. The average Bonchev–Trinajstić information content (AvgIpc) is 2.36. The molecule has 0 amide bonds. The zero-order valence-corrected chi connectivity index (χ0v) is 14.9. The maximum absolute atomic E-state index is 12.3. The summed E-state index contributed by atoms with van der Waals surface area (Å²) in [5.74, 6) is 5.72. The monoisotopic (exact) mass is 300 g/mol. The molecule has 0 fully saturated rings. The highest BCUT2D eigenvalue weighted by Gasteiger charge is 2.27. The van der Waals surface area contributed by atoms with Gasteiger partial charge < -0.3 is 5.11 Å². The van der Waals surface area contributed by atoms with Crippen LogP contribution in [0.15, 0.2) is 12.1 Å². The van der Waals surface area contributed by atoms with E-state index in [-0.39, 0.29) is 22.4 Å². The summed E-state index contributed by atoms with van der Waals surface area (Å²) in [6.07, 6.45) is 1.67. The summed E-state index contributed by atoms with van der Waals surface area (Å²) in [5.41, 5.74) is 1.67. The van der Waals surface area contributed by atoms with Crippen LogP contribution in [0, 0.1) is 11.8 Å². The van der Waals surface area contributed by atoms with Crippen molar-refractivity contribution in [3.63, 3.8) is 0 Å². The smallest absolute Gasteiger partial charge is 0.235 e. The van der Waals surface area contributed by atoms with E-state index in [0.29, 0.717) is 5.56 Å². The number of aromatic hydroxyl groups is 1. The molecule has 0 aromatic heterocycles. The first-order chi connectivity index (χ1) is 9.98. The standard InChI is InChI=1S/C20H28O2/c1-8-9-10-11-17(21)14-12-15(19(2,3)4)18(22)16(13-14)20(5,6)7/h12-13,22H,8-9H2,1-7H3. The molecule has 0 bridgehead atoms. The Hall–Kier alpha value is -1.75. The molecule has 0 aliphatic carbocycles. The number of ketones is 1. The van der Waals surface area contributed by atoms with Gasteiger partial charge in [0.25, 0.3) is 0 Å². The largest absolute Gasteiger partial charge is 0.507 e. The Bertz CT molecular complexity index is 579. The van der Waals surface area contributed by atoms with Crippen molar-refractivity contribution in [1.82, 2.24) is 0 Å². The summed E-state index contributed by atoms with van der Waals surface area (Å²) in [5, 5.41) is 10.6. The molecule has 1 N–H and O–H groups in total. The lowest BCUT2D eigenvalue weighted by atomic mass is 9.78. The van der Waals surface area contributed by atoms with Crippen molar-refractivity contribution in [3.8, 4) is 17.6 Å². The van der Waals surface area contributed by atoms with E-state index in [0.717, 1.165) is 24.0 Å². The topological polar surface area (TPSA) is 37.3 Å². The van der Waals surface area contributed by atoms with Crippen molar-refractivity contribution in [1.29, 1.82) is 0 Å². The van der Waals surface area contributed by atoms with Crippen molar-refractivity contribution in [3.05, 3.63) is 28.8 Å². The summed E-state index contributed by atoms with van der Waals surface area (Å²) in [7, 11) is 0. The van der Waals surface area contributed by atoms with Gasteiger partial charge in [0.2, 0.25) is 5.78 Å². The molecule has 120 valence electrons. The zero-order chi connectivity index (χ0) is 17.1. The molecule has 0 unspecified atom stereocenters. The molecule has 1 aromatic carbocycles. The molecule has 0 heterocycles. The van der Waals surface area contributed by atoms with E-state index in [9.17, 15) is 9.90 Å². The number of phenols is 1.